The Morgan fingerprint density at radius 2 is 2.56 bits per heavy atom. The summed E-state index contributed by atoms with van der Waals surface area (Å²) in [7, 11) is 0. The Labute approximate surface area is 58.4 Å². The Morgan fingerprint density at radius 3 is 2.78 bits per heavy atom. The number of rotatable bonds is 1. The second-order valence-corrected chi connectivity index (χ2v) is 2.06. The number of hydrogen-bond donors (Lipinski definition) is 1. The van der Waals surface area contributed by atoms with Crippen molar-refractivity contribution in [3.63, 3.8) is 0 Å². The molecule has 1 rings (SSSR count). The molecule has 0 aliphatic rings. The largest absolute Gasteiger partial charge is 0.395 e. The number of nitrogens with two attached hydrogens (primary N) is 1. The molecule has 1 aromatic heterocycles. The Hall–Kier alpha value is -0.700. The summed E-state index contributed by atoms with van der Waals surface area (Å²) in [6, 6.07) is 0. The Kier molecular flexibility index (Phi) is 1.62. The van der Waals surface area contributed by atoms with Crippen molar-refractivity contribution in [1.29, 1.82) is 0 Å². The van der Waals surface area contributed by atoms with Crippen LogP contribution in [0.2, 0.25) is 5.15 Å². The summed E-state index contributed by atoms with van der Waals surface area (Å²) in [5, 5.41) is 4.42. The van der Waals surface area contributed by atoms with E-state index < -0.39 is 0 Å². The minimum Gasteiger partial charge on any atom is -0.395 e. The third-order valence-corrected chi connectivity index (χ3v) is 1.51. The van der Waals surface area contributed by atoms with Crippen LogP contribution in [0.1, 0.15) is 6.92 Å². The first-order chi connectivity index (χ1) is 4.25. The van der Waals surface area contributed by atoms with Crippen molar-refractivity contribution in [2.24, 2.45) is 0 Å². The molecule has 0 amide bonds. The average Bonchev–Trinajstić information content (AvgIpc) is 2.15. The van der Waals surface area contributed by atoms with E-state index in [1.807, 2.05) is 6.92 Å². The van der Waals surface area contributed by atoms with Gasteiger partial charge in [-0.05, 0) is 6.92 Å². The summed E-state index contributed by atoms with van der Waals surface area (Å²) in [5.74, 6) is 0. The van der Waals surface area contributed by atoms with Crippen LogP contribution in [0, 0.1) is 0 Å². The lowest BCUT2D eigenvalue weighted by molar-refractivity contribution is 0.661. The molecule has 0 radical (unpaired) electrons. The van der Waals surface area contributed by atoms with Gasteiger partial charge in [0.15, 0.2) is 0 Å². The zero-order valence-electron chi connectivity index (χ0n) is 5.13. The van der Waals surface area contributed by atoms with E-state index in [1.165, 1.54) is 0 Å². The number of nitrogens with zero attached hydrogens (tertiary/aromatic N) is 2. The number of aromatic nitrogens is 2. The van der Waals surface area contributed by atoms with E-state index in [4.69, 9.17) is 17.3 Å². The molecule has 0 unspecified atom stereocenters. The Balaban J connectivity index is 3.04. The first kappa shape index (κ1) is 6.42. The van der Waals surface area contributed by atoms with Gasteiger partial charge in [-0.2, -0.15) is 5.10 Å². The van der Waals surface area contributed by atoms with Gasteiger partial charge in [0, 0.05) is 6.54 Å². The number of hydrogen-bond acceptors (Lipinski definition) is 2. The monoisotopic (exact) mass is 145 g/mol. The molecule has 2 N–H and O–H groups in total. The SMILES string of the molecule is CCn1ncc(N)c1Cl. The smallest absolute Gasteiger partial charge is 0.150 e. The van der Waals surface area contributed by atoms with E-state index in [1.54, 1.807) is 10.9 Å². The molecule has 0 spiro atoms. The van der Waals surface area contributed by atoms with Gasteiger partial charge in [-0.3, -0.25) is 4.68 Å². The first-order valence-electron chi connectivity index (χ1n) is 2.72. The standard InChI is InChI=1S/C5H8ClN3/c1-2-9-5(6)4(7)3-8-9/h3H,2,7H2,1H3. The van der Waals surface area contributed by atoms with Crippen LogP contribution in [0.4, 0.5) is 5.69 Å². The summed E-state index contributed by atoms with van der Waals surface area (Å²) < 4.78 is 1.64. The van der Waals surface area contributed by atoms with Crippen LogP contribution in [0.5, 0.6) is 0 Å². The van der Waals surface area contributed by atoms with Gasteiger partial charge in [0.05, 0.1) is 11.9 Å². The first-order valence-corrected chi connectivity index (χ1v) is 3.10. The van der Waals surface area contributed by atoms with E-state index in [0.717, 1.165) is 6.54 Å². The fraction of sp³-hybridized carbons (Fsp3) is 0.400. The molecule has 1 heterocycles. The molecule has 0 atom stereocenters. The zero-order chi connectivity index (χ0) is 6.85. The summed E-state index contributed by atoms with van der Waals surface area (Å²) in [6.45, 7) is 2.72. The second-order valence-electron chi connectivity index (χ2n) is 1.71. The van der Waals surface area contributed by atoms with Crippen molar-refractivity contribution < 1.29 is 0 Å². The van der Waals surface area contributed by atoms with Crippen LogP contribution in [0.15, 0.2) is 6.20 Å². The van der Waals surface area contributed by atoms with E-state index in [-0.39, 0.29) is 0 Å². The Morgan fingerprint density at radius 1 is 1.89 bits per heavy atom. The molecule has 0 saturated carbocycles. The molecule has 0 aromatic carbocycles. The van der Waals surface area contributed by atoms with Gasteiger partial charge in [-0.15, -0.1) is 0 Å². The molecule has 0 fully saturated rings. The third-order valence-electron chi connectivity index (χ3n) is 1.10. The molecule has 4 heteroatoms. The van der Waals surface area contributed by atoms with E-state index in [2.05, 4.69) is 5.10 Å². The van der Waals surface area contributed by atoms with E-state index in [0.29, 0.717) is 10.8 Å². The predicted octanol–water partition coefficient (Wildman–Crippen LogP) is 1.14. The Bertz CT molecular complexity index is 206. The van der Waals surface area contributed by atoms with Gasteiger partial charge in [0.2, 0.25) is 0 Å². The fourth-order valence-corrected chi connectivity index (χ4v) is 0.817. The minimum absolute atomic E-state index is 0.525. The maximum Gasteiger partial charge on any atom is 0.150 e. The highest BCUT2D eigenvalue weighted by atomic mass is 35.5. The van der Waals surface area contributed by atoms with Crippen molar-refractivity contribution in [2.45, 2.75) is 13.5 Å². The number of halogens is 1. The highest BCUT2D eigenvalue weighted by Gasteiger charge is 2.00. The van der Waals surface area contributed by atoms with Crippen LogP contribution in [0.25, 0.3) is 0 Å². The summed E-state index contributed by atoms with van der Waals surface area (Å²) >= 11 is 5.68. The van der Waals surface area contributed by atoms with Gasteiger partial charge in [0.1, 0.15) is 5.15 Å². The van der Waals surface area contributed by atoms with Crippen LogP contribution >= 0.6 is 11.6 Å². The summed E-state index contributed by atoms with van der Waals surface area (Å²) in [4.78, 5) is 0. The molecule has 0 aliphatic carbocycles. The van der Waals surface area contributed by atoms with Crippen LogP contribution in [0.3, 0.4) is 0 Å². The fourth-order valence-electron chi connectivity index (χ4n) is 0.605. The molecular weight excluding hydrogens is 138 g/mol. The average molecular weight is 146 g/mol. The maximum absolute atomic E-state index is 5.68. The van der Waals surface area contributed by atoms with Crippen molar-refractivity contribution in [3.8, 4) is 0 Å². The molecule has 50 valence electrons. The molecule has 0 bridgehead atoms. The van der Waals surface area contributed by atoms with Crippen LogP contribution in [-0.4, -0.2) is 9.78 Å². The van der Waals surface area contributed by atoms with E-state index >= 15 is 0 Å². The summed E-state index contributed by atoms with van der Waals surface area (Å²) in [6.07, 6.45) is 1.55. The van der Waals surface area contributed by atoms with Gasteiger partial charge < -0.3 is 5.73 Å². The van der Waals surface area contributed by atoms with Gasteiger partial charge in [-0.25, -0.2) is 0 Å². The summed E-state index contributed by atoms with van der Waals surface area (Å²) in [5.41, 5.74) is 5.94. The molecule has 0 aliphatic heterocycles. The van der Waals surface area contributed by atoms with E-state index in [9.17, 15) is 0 Å². The van der Waals surface area contributed by atoms with Crippen LogP contribution in [-0.2, 0) is 6.54 Å². The van der Waals surface area contributed by atoms with Gasteiger partial charge in [-0.1, -0.05) is 11.6 Å². The van der Waals surface area contributed by atoms with Crippen molar-refractivity contribution in [1.82, 2.24) is 9.78 Å². The zero-order valence-corrected chi connectivity index (χ0v) is 5.89. The van der Waals surface area contributed by atoms with Crippen LogP contribution < -0.4 is 5.73 Å². The van der Waals surface area contributed by atoms with Crippen molar-refractivity contribution in [2.75, 3.05) is 5.73 Å². The highest BCUT2D eigenvalue weighted by molar-refractivity contribution is 6.31. The molecule has 1 aromatic rings. The number of nitrogen functional groups attached to an aromatic ring is 1. The second kappa shape index (κ2) is 2.27. The maximum atomic E-state index is 5.68. The normalized spacial score (nSPS) is 10.0. The van der Waals surface area contributed by atoms with Gasteiger partial charge >= 0.3 is 0 Å². The highest BCUT2D eigenvalue weighted by Crippen LogP contribution is 2.15. The molecule has 9 heavy (non-hydrogen) atoms. The molecule has 3 nitrogen and oxygen atoms in total. The lowest BCUT2D eigenvalue weighted by atomic mass is 10.6. The number of anilines is 1. The van der Waals surface area contributed by atoms with Crippen molar-refractivity contribution >= 4 is 17.3 Å². The molecular formula is C5H8ClN3. The lowest BCUT2D eigenvalue weighted by Gasteiger charge is -1.94. The van der Waals surface area contributed by atoms with Gasteiger partial charge in [0.25, 0.3) is 0 Å². The number of aryl methyl sites for hydroxylation is 1. The third kappa shape index (κ3) is 1.00. The molecule has 0 saturated heterocycles. The quantitative estimate of drug-likeness (QED) is 0.644. The predicted molar refractivity (Wildman–Crippen MR) is 37.3 cm³/mol. The topological polar surface area (TPSA) is 43.8 Å². The lowest BCUT2D eigenvalue weighted by Crippen LogP contribution is -1.95. The van der Waals surface area contributed by atoms with Crippen molar-refractivity contribution in [3.05, 3.63) is 11.3 Å². The minimum atomic E-state index is 0.525.